The van der Waals surface area contributed by atoms with Crippen LogP contribution in [0.2, 0.25) is 0 Å². The van der Waals surface area contributed by atoms with Crippen molar-refractivity contribution < 1.29 is 113 Å². The first-order valence-electron chi connectivity index (χ1n) is 17.1. The molecule has 2 saturated heterocycles. The highest BCUT2D eigenvalue weighted by Crippen LogP contribution is 2.42. The number of phenols is 2. The average Bonchev–Trinajstić information content (AvgIpc) is 3.16. The number of fused-ring (bicyclic) bond motifs is 1. The van der Waals surface area contributed by atoms with Gasteiger partial charge in [-0.1, -0.05) is 0 Å². The number of aliphatic hydroxyl groups is 8. The number of phenolic OH excluding ortho intramolecular Hbond substituents is 2. The Hall–Kier alpha value is -5.47. The average molecular weight is 828 g/mol. The van der Waals surface area contributed by atoms with Crippen molar-refractivity contribution in [3.05, 3.63) is 42.5 Å². The number of carboxylic acid groups (broad SMARTS) is 2. The number of aliphatic hydroxyl groups excluding tert-OH is 8. The lowest BCUT2D eigenvalue weighted by Crippen LogP contribution is -2.60. The van der Waals surface area contributed by atoms with Gasteiger partial charge in [-0.05, 0) is 24.3 Å². The van der Waals surface area contributed by atoms with E-state index in [4.69, 9.17) is 43.1 Å². The van der Waals surface area contributed by atoms with Crippen LogP contribution in [0.15, 0.2) is 46.9 Å². The van der Waals surface area contributed by atoms with E-state index in [-0.39, 0.29) is 39.5 Å². The van der Waals surface area contributed by atoms with Crippen molar-refractivity contribution >= 4 is 34.8 Å². The smallest absolute Gasteiger partial charge is 0.402 e. The van der Waals surface area contributed by atoms with Crippen molar-refractivity contribution in [2.45, 2.75) is 86.5 Å². The minimum absolute atomic E-state index is 0.0877. The van der Waals surface area contributed by atoms with Gasteiger partial charge in [-0.25, -0.2) is 14.0 Å². The maximum atomic E-state index is 12.1. The van der Waals surface area contributed by atoms with Crippen LogP contribution in [-0.4, -0.2) is 172 Å². The summed E-state index contributed by atoms with van der Waals surface area (Å²) in [6.45, 7) is -1.73. The number of aliphatic carboxylic acids is 2. The van der Waals surface area contributed by atoms with Crippen molar-refractivity contribution in [2.24, 2.45) is 0 Å². The Morgan fingerprint density at radius 1 is 0.621 bits per heavy atom. The van der Waals surface area contributed by atoms with Gasteiger partial charge in [-0.3, -0.25) is 9.59 Å². The summed E-state index contributed by atoms with van der Waals surface area (Å²) >= 11 is 0. The number of ether oxygens (including phenoxy) is 6. The van der Waals surface area contributed by atoms with E-state index in [1.165, 1.54) is 30.3 Å². The summed E-state index contributed by atoms with van der Waals surface area (Å²) in [6.07, 6.45) is -25.0. The number of aromatic hydroxyl groups is 2. The standard InChI is InChI=1S/C35H38O23/c36-13-3-1-12(2-4-13)31-20(56-35-30(49)28(47)26(45)22(58-35)11-53-33(51)17(39)9-24(42)43)7-15-18(54-31)5-14(37)6-19(15)55-34-29(48)27(46)25(44)21(57-34)10-52-32(50)16(38)8-23(40)41/h1-7,16-17,21-22,25-30,34-35,38-39,44-49H,8-11H2,(H3-,36,37,40,41,42,43)/p+1/t16?,17?,21-,22-,25-,26-,27+,28+,29-,30-,34-,35-/m1/s1. The van der Waals surface area contributed by atoms with Crippen LogP contribution in [0.4, 0.5) is 0 Å². The number of carbonyl (C=O) groups excluding carboxylic acids is 2. The molecule has 5 rings (SSSR count). The van der Waals surface area contributed by atoms with Crippen LogP contribution in [0.3, 0.4) is 0 Å². The van der Waals surface area contributed by atoms with Gasteiger partial charge in [0.1, 0.15) is 84.7 Å². The number of rotatable bonds is 15. The molecular weight excluding hydrogens is 788 g/mol. The Morgan fingerprint density at radius 3 is 1.55 bits per heavy atom. The van der Waals surface area contributed by atoms with Gasteiger partial charge in [0.15, 0.2) is 12.2 Å². The summed E-state index contributed by atoms with van der Waals surface area (Å²) in [5.41, 5.74) is 0.0535. The van der Waals surface area contributed by atoms with Gasteiger partial charge < -0.3 is 89.7 Å². The van der Waals surface area contributed by atoms with E-state index in [1.807, 2.05) is 0 Å². The quantitative estimate of drug-likeness (QED) is 0.0534. The predicted octanol–water partition coefficient (Wildman–Crippen LogP) is -3.08. The fourth-order valence-corrected chi connectivity index (χ4v) is 5.74. The number of carbonyl (C=O) groups is 4. The molecule has 0 saturated carbocycles. The Balaban J connectivity index is 1.46. The van der Waals surface area contributed by atoms with E-state index in [1.54, 1.807) is 0 Å². The minimum atomic E-state index is -2.08. The summed E-state index contributed by atoms with van der Waals surface area (Å²) in [5.74, 6) is -7.32. The van der Waals surface area contributed by atoms with Crippen LogP contribution in [0, 0.1) is 0 Å². The Kier molecular flexibility index (Phi) is 13.9. The molecule has 2 fully saturated rings. The molecule has 0 amide bonds. The maximum absolute atomic E-state index is 12.1. The van der Waals surface area contributed by atoms with Crippen LogP contribution in [0.5, 0.6) is 23.0 Å². The fourth-order valence-electron chi connectivity index (χ4n) is 5.74. The first kappa shape index (κ1) is 43.6. The molecule has 23 nitrogen and oxygen atoms in total. The van der Waals surface area contributed by atoms with E-state index in [0.717, 1.165) is 12.1 Å². The summed E-state index contributed by atoms with van der Waals surface area (Å²) in [6, 6.07) is 8.61. The summed E-state index contributed by atoms with van der Waals surface area (Å²) in [4.78, 5) is 45.9. The lowest BCUT2D eigenvalue weighted by Gasteiger charge is -2.40. The van der Waals surface area contributed by atoms with Gasteiger partial charge in [-0.2, -0.15) is 0 Å². The number of hydrogen-bond donors (Lipinski definition) is 12. The van der Waals surface area contributed by atoms with E-state index in [0.29, 0.717) is 0 Å². The molecule has 1 aromatic heterocycles. The first-order chi connectivity index (χ1) is 27.3. The molecule has 0 aliphatic carbocycles. The van der Waals surface area contributed by atoms with Gasteiger partial charge in [0.05, 0.1) is 24.5 Å². The van der Waals surface area contributed by atoms with Crippen molar-refractivity contribution in [3.8, 4) is 34.3 Å². The zero-order valence-corrected chi connectivity index (χ0v) is 29.7. The molecular formula is C35H39O23+. The van der Waals surface area contributed by atoms with Crippen molar-refractivity contribution in [3.63, 3.8) is 0 Å². The Bertz CT molecular complexity index is 1950. The molecule has 0 radical (unpaired) electrons. The molecule has 58 heavy (non-hydrogen) atoms. The van der Waals surface area contributed by atoms with Crippen LogP contribution in [0.1, 0.15) is 12.8 Å². The van der Waals surface area contributed by atoms with Crippen LogP contribution >= 0.6 is 0 Å². The van der Waals surface area contributed by atoms with Crippen LogP contribution < -0.4 is 9.47 Å². The third kappa shape index (κ3) is 10.1. The Morgan fingerprint density at radius 2 is 1.09 bits per heavy atom. The zero-order chi connectivity index (χ0) is 42.6. The largest absolute Gasteiger partial charge is 0.508 e. The van der Waals surface area contributed by atoms with Gasteiger partial charge >= 0.3 is 35.2 Å². The second kappa shape index (κ2) is 18.4. The number of hydrogen-bond acceptors (Lipinski definition) is 20. The van der Waals surface area contributed by atoms with Crippen molar-refractivity contribution in [2.75, 3.05) is 13.2 Å². The molecule has 23 heteroatoms. The molecule has 3 aromatic rings. The lowest BCUT2D eigenvalue weighted by atomic mass is 9.99. The van der Waals surface area contributed by atoms with Crippen LogP contribution in [0.25, 0.3) is 22.3 Å². The highest BCUT2D eigenvalue weighted by Gasteiger charge is 2.48. The molecule has 316 valence electrons. The number of benzene rings is 2. The molecule has 0 spiro atoms. The highest BCUT2D eigenvalue weighted by atomic mass is 16.7. The van der Waals surface area contributed by atoms with E-state index >= 15 is 0 Å². The van der Waals surface area contributed by atoms with E-state index in [2.05, 4.69) is 0 Å². The molecule has 2 aromatic carbocycles. The zero-order valence-electron chi connectivity index (χ0n) is 29.7. The lowest BCUT2D eigenvalue weighted by molar-refractivity contribution is -0.279. The summed E-state index contributed by atoms with van der Waals surface area (Å²) in [5, 5.41) is 121. The summed E-state index contributed by atoms with van der Waals surface area (Å²) < 4.78 is 38.7. The van der Waals surface area contributed by atoms with E-state index in [9.17, 15) is 70.2 Å². The molecule has 2 aliphatic heterocycles. The molecule has 0 bridgehead atoms. The molecule has 2 aliphatic rings. The van der Waals surface area contributed by atoms with Crippen molar-refractivity contribution in [1.82, 2.24) is 0 Å². The van der Waals surface area contributed by atoms with E-state index < -0.39 is 129 Å². The normalized spacial score (nSPS) is 28.2. The Labute approximate surface area is 324 Å². The topological polar surface area (TPSA) is 378 Å². The summed E-state index contributed by atoms with van der Waals surface area (Å²) in [7, 11) is 0. The monoisotopic (exact) mass is 827 g/mol. The predicted molar refractivity (Wildman–Crippen MR) is 182 cm³/mol. The maximum Gasteiger partial charge on any atom is 0.402 e. The van der Waals surface area contributed by atoms with Gasteiger partial charge in [0.2, 0.25) is 18.3 Å². The first-order valence-corrected chi connectivity index (χ1v) is 17.1. The third-order valence-corrected chi connectivity index (χ3v) is 8.81. The SMILES string of the molecule is O=C(O)CC(O)C(=O)OC[C@H]1O[C@@H](Oc2cc3c(O[C@@H]4O[C@H](COC(=O)C(O)CC(=O)O)[C@@H](O)[C@H](O)[C@H]4O)cc(O)cc3[o+]c2-c2ccc(O)cc2)[C@H](O)[C@@H](O)[C@@H]1O. The van der Waals surface area contributed by atoms with Crippen LogP contribution in [-0.2, 0) is 38.1 Å². The third-order valence-electron chi connectivity index (χ3n) is 8.81. The van der Waals surface area contributed by atoms with Crippen molar-refractivity contribution in [1.29, 1.82) is 0 Å². The number of carboxylic acids is 2. The number of esters is 2. The highest BCUT2D eigenvalue weighted by molar-refractivity contribution is 5.89. The van der Waals surface area contributed by atoms with Gasteiger partial charge in [-0.15, -0.1) is 0 Å². The molecule has 3 heterocycles. The fraction of sp³-hybridized carbons (Fsp3) is 0.457. The molecule has 12 N–H and O–H groups in total. The minimum Gasteiger partial charge on any atom is -0.508 e. The second-order valence-electron chi connectivity index (χ2n) is 13.1. The molecule has 12 atom stereocenters. The molecule has 2 unspecified atom stereocenters. The second-order valence-corrected chi connectivity index (χ2v) is 13.1. The van der Waals surface area contributed by atoms with Gasteiger partial charge in [0.25, 0.3) is 0 Å². The van der Waals surface area contributed by atoms with Gasteiger partial charge in [0, 0.05) is 12.1 Å².